The molecule has 2 aromatic rings. The number of carbonyl (C=O) groups is 1. The first-order valence-corrected chi connectivity index (χ1v) is 16.6. The Labute approximate surface area is 280 Å². The number of aliphatic hydroxyl groups is 6. The van der Waals surface area contributed by atoms with Crippen LogP contribution in [0.2, 0.25) is 0 Å². The first kappa shape index (κ1) is 36.3. The van der Waals surface area contributed by atoms with E-state index in [0.717, 1.165) is 5.56 Å². The van der Waals surface area contributed by atoms with Crippen LogP contribution in [0.4, 0.5) is 5.69 Å². The van der Waals surface area contributed by atoms with Gasteiger partial charge in [0.25, 0.3) is 0 Å². The fourth-order valence-corrected chi connectivity index (χ4v) is 6.81. The fourth-order valence-electron chi connectivity index (χ4n) is 6.34. The quantitative estimate of drug-likeness (QED) is 0.165. The Balaban J connectivity index is 1.53. The summed E-state index contributed by atoms with van der Waals surface area (Å²) < 4.78 is 28.6. The average Bonchev–Trinajstić information content (AvgIpc) is 3.30. The van der Waals surface area contributed by atoms with Gasteiger partial charge < -0.3 is 65.0 Å². The largest absolute Gasteiger partial charge is 0.492 e. The zero-order valence-electron chi connectivity index (χ0n) is 27.0. The third-order valence-electron chi connectivity index (χ3n) is 8.86. The molecule has 11 atom stereocenters. The van der Waals surface area contributed by atoms with E-state index in [1.54, 1.807) is 18.4 Å². The predicted octanol–water partition coefficient (Wildman–Crippen LogP) is -0.403. The van der Waals surface area contributed by atoms with Crippen molar-refractivity contribution >= 4 is 23.4 Å². The standard InChI is InChI=1S/C32H42N2O13S/c1-12-22(37)23(38)26(41)31(45-12)47-32-27(42)24(39)25(40)30(46-32)34-18-10-14-6-8-17(33-13(2)35)16-11-19(36)20(48-5)9-7-15(16)21(14)29(44-4)28(18)43-3/h7,9-12,17,22-27,30-32,34,37-42H,6,8H2,1-5H3,(H,33,35)/t12-,17-,22+,23+,24+,25+,26-,27-,30+,31-,32+/m0/s1. The maximum atomic E-state index is 13.1. The normalized spacial score (nSPS) is 33.1. The number of aryl methyl sites for hydroxylation is 1. The number of amides is 1. The summed E-state index contributed by atoms with van der Waals surface area (Å²) in [6.45, 7) is 2.86. The smallest absolute Gasteiger partial charge is 0.217 e. The van der Waals surface area contributed by atoms with Crippen LogP contribution in [-0.4, -0.2) is 119 Å². The summed E-state index contributed by atoms with van der Waals surface area (Å²) in [5, 5.41) is 69.0. The van der Waals surface area contributed by atoms with Gasteiger partial charge in [0.2, 0.25) is 5.91 Å². The van der Waals surface area contributed by atoms with Gasteiger partial charge in [-0.3, -0.25) is 9.59 Å². The van der Waals surface area contributed by atoms with Crippen LogP contribution < -0.4 is 25.5 Å². The van der Waals surface area contributed by atoms with Crippen LogP contribution in [0.3, 0.4) is 0 Å². The minimum atomic E-state index is -1.79. The zero-order valence-corrected chi connectivity index (χ0v) is 27.8. The summed E-state index contributed by atoms with van der Waals surface area (Å²) in [6, 6.07) is 6.30. The minimum Gasteiger partial charge on any atom is -0.492 e. The molecule has 1 aliphatic carbocycles. The molecule has 3 aliphatic rings. The van der Waals surface area contributed by atoms with Gasteiger partial charge in [0.15, 0.2) is 35.7 Å². The van der Waals surface area contributed by atoms with Crippen molar-refractivity contribution in [1.82, 2.24) is 5.32 Å². The van der Waals surface area contributed by atoms with Crippen molar-refractivity contribution in [2.45, 2.75) is 99.2 Å². The van der Waals surface area contributed by atoms with Gasteiger partial charge in [-0.05, 0) is 60.9 Å². The molecule has 2 fully saturated rings. The number of hydrogen-bond acceptors (Lipinski definition) is 15. The monoisotopic (exact) mass is 694 g/mol. The van der Waals surface area contributed by atoms with Crippen molar-refractivity contribution in [3.05, 3.63) is 45.6 Å². The van der Waals surface area contributed by atoms with Crippen molar-refractivity contribution in [3.63, 3.8) is 0 Å². The Hall–Kier alpha value is -3.03. The first-order chi connectivity index (χ1) is 22.8. The van der Waals surface area contributed by atoms with Gasteiger partial charge in [0.05, 0.1) is 36.9 Å². The van der Waals surface area contributed by atoms with Crippen LogP contribution in [0, 0.1) is 0 Å². The minimum absolute atomic E-state index is 0.185. The number of anilines is 1. The van der Waals surface area contributed by atoms with Gasteiger partial charge in [-0.1, -0.05) is 6.07 Å². The summed E-state index contributed by atoms with van der Waals surface area (Å²) in [7, 11) is 2.86. The molecule has 2 aromatic carbocycles. The van der Waals surface area contributed by atoms with Gasteiger partial charge in [-0.2, -0.15) is 0 Å². The maximum absolute atomic E-state index is 13.1. The molecule has 2 saturated heterocycles. The summed E-state index contributed by atoms with van der Waals surface area (Å²) in [6.07, 6.45) is -12.9. The lowest BCUT2D eigenvalue weighted by atomic mass is 9.95. The van der Waals surface area contributed by atoms with Crippen LogP contribution >= 0.6 is 11.8 Å². The van der Waals surface area contributed by atoms with Crippen LogP contribution in [0.25, 0.3) is 11.1 Å². The molecular formula is C32H42N2O13S. The van der Waals surface area contributed by atoms with Crippen LogP contribution in [-0.2, 0) is 25.4 Å². The maximum Gasteiger partial charge on any atom is 0.217 e. The molecule has 0 radical (unpaired) electrons. The van der Waals surface area contributed by atoms with E-state index in [9.17, 15) is 40.2 Å². The number of aliphatic hydroxyl groups excluding tert-OH is 6. The van der Waals surface area contributed by atoms with Crippen molar-refractivity contribution in [2.24, 2.45) is 0 Å². The second kappa shape index (κ2) is 14.8. The van der Waals surface area contributed by atoms with E-state index in [0.29, 0.717) is 34.4 Å². The van der Waals surface area contributed by atoms with E-state index >= 15 is 0 Å². The molecule has 0 unspecified atom stereocenters. The number of hydrogen-bond donors (Lipinski definition) is 8. The van der Waals surface area contributed by atoms with Crippen molar-refractivity contribution in [2.75, 3.05) is 25.8 Å². The number of ether oxygens (including phenoxy) is 5. The summed E-state index contributed by atoms with van der Waals surface area (Å²) >= 11 is 1.30. The molecule has 16 heteroatoms. The Morgan fingerprint density at radius 2 is 1.54 bits per heavy atom. The molecular weight excluding hydrogens is 652 g/mol. The molecule has 15 nitrogen and oxygen atoms in total. The number of methoxy groups -OCH3 is 2. The third kappa shape index (κ3) is 6.87. The van der Waals surface area contributed by atoms with E-state index in [4.69, 9.17) is 23.7 Å². The highest BCUT2D eigenvalue weighted by molar-refractivity contribution is 7.98. The summed E-state index contributed by atoms with van der Waals surface area (Å²) in [5.74, 6) is 0.204. The summed E-state index contributed by atoms with van der Waals surface area (Å²) in [5.41, 5.74) is 2.71. The van der Waals surface area contributed by atoms with E-state index in [2.05, 4.69) is 10.6 Å². The van der Waals surface area contributed by atoms with E-state index < -0.39 is 67.6 Å². The zero-order chi connectivity index (χ0) is 35.0. The molecule has 48 heavy (non-hydrogen) atoms. The Morgan fingerprint density at radius 1 is 0.896 bits per heavy atom. The third-order valence-corrected chi connectivity index (χ3v) is 9.63. The molecule has 2 heterocycles. The number of nitrogens with one attached hydrogen (secondary N) is 2. The lowest BCUT2D eigenvalue weighted by Crippen LogP contribution is -2.63. The Kier molecular flexibility index (Phi) is 11.2. The first-order valence-electron chi connectivity index (χ1n) is 15.4. The highest BCUT2D eigenvalue weighted by atomic mass is 32.2. The molecule has 8 N–H and O–H groups in total. The molecule has 5 rings (SSSR count). The Bertz CT molecular complexity index is 1560. The van der Waals surface area contributed by atoms with Crippen molar-refractivity contribution in [1.29, 1.82) is 0 Å². The Morgan fingerprint density at radius 3 is 2.17 bits per heavy atom. The van der Waals surface area contributed by atoms with E-state index in [1.807, 2.05) is 6.07 Å². The molecule has 1 amide bonds. The number of fused-ring (bicyclic) bond motifs is 3. The second-order valence-corrected chi connectivity index (χ2v) is 12.8. The van der Waals surface area contributed by atoms with Gasteiger partial charge >= 0.3 is 0 Å². The van der Waals surface area contributed by atoms with Crippen molar-refractivity contribution in [3.8, 4) is 22.6 Å². The van der Waals surface area contributed by atoms with Gasteiger partial charge in [-0.15, -0.1) is 11.8 Å². The van der Waals surface area contributed by atoms with Crippen LogP contribution in [0.5, 0.6) is 11.5 Å². The van der Waals surface area contributed by atoms with E-state index in [1.165, 1.54) is 45.9 Å². The topological polar surface area (TPSA) is 226 Å². The molecule has 0 bridgehead atoms. The number of rotatable bonds is 8. The molecule has 264 valence electrons. The average molecular weight is 695 g/mol. The number of thioether (sulfide) groups is 1. The fraction of sp³-hybridized carbons (Fsp3) is 0.562. The van der Waals surface area contributed by atoms with Gasteiger partial charge in [0.1, 0.15) is 36.6 Å². The van der Waals surface area contributed by atoms with E-state index in [-0.39, 0.29) is 28.5 Å². The highest BCUT2D eigenvalue weighted by Gasteiger charge is 2.49. The van der Waals surface area contributed by atoms with Gasteiger partial charge in [0, 0.05) is 12.5 Å². The van der Waals surface area contributed by atoms with Crippen LogP contribution in [0.1, 0.15) is 37.4 Å². The summed E-state index contributed by atoms with van der Waals surface area (Å²) in [4.78, 5) is 25.8. The highest BCUT2D eigenvalue weighted by Crippen LogP contribution is 2.50. The molecule has 0 saturated carbocycles. The SMILES string of the molecule is COc1c(N[C@@H]2O[C@H](O[C@@H]3O[C@@H](C)[C@@H](O)[C@@H](O)[C@@H]3O)[C@@H](O)[C@H](O)[C@H]2O)cc2c(c1OC)-c1ccc(SC)c(=O)cc1[C@@H](NC(C)=O)CC2. The number of carbonyl (C=O) groups excluding carboxylic acids is 1. The van der Waals surface area contributed by atoms with Gasteiger partial charge in [-0.25, -0.2) is 0 Å². The lowest BCUT2D eigenvalue weighted by Gasteiger charge is -2.44. The van der Waals surface area contributed by atoms with Crippen LogP contribution in [0.15, 0.2) is 34.0 Å². The number of benzene rings is 1. The molecule has 0 aromatic heterocycles. The predicted molar refractivity (Wildman–Crippen MR) is 172 cm³/mol. The lowest BCUT2D eigenvalue weighted by molar-refractivity contribution is -0.369. The van der Waals surface area contributed by atoms with Crippen molar-refractivity contribution < 1.29 is 59.1 Å². The molecule has 0 spiro atoms. The second-order valence-electron chi connectivity index (χ2n) is 12.0. The molecule has 2 aliphatic heterocycles.